The summed E-state index contributed by atoms with van der Waals surface area (Å²) in [7, 11) is 0. The highest BCUT2D eigenvalue weighted by Gasteiger charge is 1.99. The second kappa shape index (κ2) is 4.49. The summed E-state index contributed by atoms with van der Waals surface area (Å²) >= 11 is 5.71. The first-order valence-electron chi connectivity index (χ1n) is 4.79. The third-order valence-corrected chi connectivity index (χ3v) is 2.27. The van der Waals surface area contributed by atoms with Crippen LogP contribution in [0.15, 0.2) is 36.5 Å². The molecular formula is C12H10ClFN2. The van der Waals surface area contributed by atoms with Crippen LogP contribution < -0.4 is 5.32 Å². The Balaban J connectivity index is 2.23. The molecule has 16 heavy (non-hydrogen) atoms. The largest absolute Gasteiger partial charge is 0.340 e. The van der Waals surface area contributed by atoms with Crippen LogP contribution in [0, 0.1) is 12.7 Å². The minimum absolute atomic E-state index is 0.267. The van der Waals surface area contributed by atoms with E-state index in [1.165, 1.54) is 18.3 Å². The average Bonchev–Trinajstić information content (AvgIpc) is 2.20. The minimum Gasteiger partial charge on any atom is -0.340 e. The second-order valence-electron chi connectivity index (χ2n) is 3.50. The van der Waals surface area contributed by atoms with Crippen molar-refractivity contribution < 1.29 is 4.39 Å². The molecule has 4 heteroatoms. The van der Waals surface area contributed by atoms with Gasteiger partial charge < -0.3 is 5.32 Å². The Labute approximate surface area is 98.1 Å². The van der Waals surface area contributed by atoms with Gasteiger partial charge in [-0.15, -0.1) is 0 Å². The Morgan fingerprint density at radius 2 is 2.06 bits per heavy atom. The lowest BCUT2D eigenvalue weighted by atomic mass is 10.2. The van der Waals surface area contributed by atoms with Gasteiger partial charge in [0, 0.05) is 11.9 Å². The highest BCUT2D eigenvalue weighted by molar-refractivity contribution is 6.30. The zero-order chi connectivity index (χ0) is 11.5. The van der Waals surface area contributed by atoms with E-state index in [1.807, 2.05) is 13.0 Å². The molecule has 0 aliphatic carbocycles. The Bertz CT molecular complexity index is 477. The second-order valence-corrected chi connectivity index (χ2v) is 3.94. The molecule has 1 aromatic heterocycles. The third-order valence-electron chi connectivity index (χ3n) is 2.04. The van der Waals surface area contributed by atoms with E-state index in [0.29, 0.717) is 16.5 Å². The fourth-order valence-corrected chi connectivity index (χ4v) is 1.52. The maximum Gasteiger partial charge on any atom is 0.130 e. The first kappa shape index (κ1) is 10.9. The average molecular weight is 237 g/mol. The maximum absolute atomic E-state index is 13.1. The number of nitrogens with zero attached hydrogens (tertiary/aromatic N) is 1. The van der Waals surface area contributed by atoms with Gasteiger partial charge in [-0.2, -0.15) is 0 Å². The zero-order valence-electron chi connectivity index (χ0n) is 8.67. The summed E-state index contributed by atoms with van der Waals surface area (Å²) in [6.07, 6.45) is 1.54. The van der Waals surface area contributed by atoms with Crippen LogP contribution in [0.5, 0.6) is 0 Å². The van der Waals surface area contributed by atoms with Gasteiger partial charge in [0.2, 0.25) is 0 Å². The molecule has 0 bridgehead atoms. The van der Waals surface area contributed by atoms with Crippen LogP contribution in [0.25, 0.3) is 0 Å². The molecule has 1 aromatic carbocycles. The number of anilines is 2. The van der Waals surface area contributed by atoms with Crippen LogP contribution in [0.1, 0.15) is 5.56 Å². The number of rotatable bonds is 2. The smallest absolute Gasteiger partial charge is 0.130 e. The number of hydrogen-bond donors (Lipinski definition) is 1. The summed E-state index contributed by atoms with van der Waals surface area (Å²) in [5.74, 6) is 0.367. The molecule has 2 rings (SSSR count). The van der Waals surface area contributed by atoms with E-state index in [4.69, 9.17) is 11.6 Å². The molecule has 1 heterocycles. The molecule has 2 aromatic rings. The molecule has 0 aliphatic heterocycles. The molecule has 0 atom stereocenters. The SMILES string of the molecule is Cc1cc(F)cc(Nc2ccc(Cl)cn2)c1. The molecule has 1 N–H and O–H groups in total. The van der Waals surface area contributed by atoms with Gasteiger partial charge in [0.1, 0.15) is 11.6 Å². The topological polar surface area (TPSA) is 24.9 Å². The Hall–Kier alpha value is -1.61. The summed E-state index contributed by atoms with van der Waals surface area (Å²) in [6.45, 7) is 1.84. The van der Waals surface area contributed by atoms with Gasteiger partial charge in [0.25, 0.3) is 0 Å². The molecule has 0 saturated carbocycles. The van der Waals surface area contributed by atoms with Gasteiger partial charge in [-0.1, -0.05) is 11.6 Å². The maximum atomic E-state index is 13.1. The summed E-state index contributed by atoms with van der Waals surface area (Å²) < 4.78 is 13.1. The third kappa shape index (κ3) is 2.70. The van der Waals surface area contributed by atoms with Gasteiger partial charge in [-0.3, -0.25) is 0 Å². The van der Waals surface area contributed by atoms with E-state index in [9.17, 15) is 4.39 Å². The fraction of sp³-hybridized carbons (Fsp3) is 0.0833. The molecule has 0 spiro atoms. The van der Waals surface area contributed by atoms with E-state index < -0.39 is 0 Å². The fourth-order valence-electron chi connectivity index (χ4n) is 1.41. The number of benzene rings is 1. The van der Waals surface area contributed by atoms with Crippen LogP contribution in [-0.2, 0) is 0 Å². The number of hydrogen-bond acceptors (Lipinski definition) is 2. The van der Waals surface area contributed by atoms with Gasteiger partial charge in [-0.05, 0) is 42.8 Å². The van der Waals surface area contributed by atoms with Gasteiger partial charge in [0.15, 0.2) is 0 Å². The summed E-state index contributed by atoms with van der Waals surface area (Å²) in [4.78, 5) is 4.07. The van der Waals surface area contributed by atoms with Crippen molar-refractivity contribution in [2.24, 2.45) is 0 Å². The van der Waals surface area contributed by atoms with E-state index in [-0.39, 0.29) is 5.82 Å². The lowest BCUT2D eigenvalue weighted by molar-refractivity contribution is 0.627. The predicted octanol–water partition coefficient (Wildman–Crippen LogP) is 3.93. The predicted molar refractivity (Wildman–Crippen MR) is 63.7 cm³/mol. The van der Waals surface area contributed by atoms with Gasteiger partial charge in [0.05, 0.1) is 5.02 Å². The van der Waals surface area contributed by atoms with Crippen molar-refractivity contribution in [2.75, 3.05) is 5.32 Å². The van der Waals surface area contributed by atoms with Crippen LogP contribution in [0.4, 0.5) is 15.9 Å². The minimum atomic E-state index is -0.267. The van der Waals surface area contributed by atoms with Crippen molar-refractivity contribution in [1.82, 2.24) is 4.98 Å². The van der Waals surface area contributed by atoms with Crippen LogP contribution in [0.2, 0.25) is 5.02 Å². The first-order valence-corrected chi connectivity index (χ1v) is 5.17. The number of aromatic nitrogens is 1. The summed E-state index contributed by atoms with van der Waals surface area (Å²) in [6, 6.07) is 8.20. The monoisotopic (exact) mass is 236 g/mol. The molecule has 0 amide bonds. The number of nitrogens with one attached hydrogen (secondary N) is 1. The van der Waals surface area contributed by atoms with Crippen LogP contribution in [-0.4, -0.2) is 4.98 Å². The lowest BCUT2D eigenvalue weighted by Gasteiger charge is -2.06. The van der Waals surface area contributed by atoms with Gasteiger partial charge >= 0.3 is 0 Å². The van der Waals surface area contributed by atoms with E-state index in [0.717, 1.165) is 5.56 Å². The van der Waals surface area contributed by atoms with Gasteiger partial charge in [-0.25, -0.2) is 9.37 Å². The number of halogens is 2. The standard InChI is InChI=1S/C12H10ClFN2/c1-8-4-10(14)6-11(5-8)16-12-3-2-9(13)7-15-12/h2-7H,1H3,(H,15,16). The summed E-state index contributed by atoms with van der Waals surface area (Å²) in [5.41, 5.74) is 1.53. The normalized spacial score (nSPS) is 10.2. The first-order chi connectivity index (χ1) is 7.63. The molecule has 82 valence electrons. The Kier molecular flexibility index (Phi) is 3.06. The Morgan fingerprint density at radius 3 is 2.69 bits per heavy atom. The van der Waals surface area contributed by atoms with Crippen molar-refractivity contribution in [2.45, 2.75) is 6.92 Å². The van der Waals surface area contributed by atoms with Crippen LogP contribution in [0.3, 0.4) is 0 Å². The zero-order valence-corrected chi connectivity index (χ0v) is 9.42. The van der Waals surface area contributed by atoms with E-state index in [1.54, 1.807) is 12.1 Å². The summed E-state index contributed by atoms with van der Waals surface area (Å²) in [5, 5.41) is 3.57. The van der Waals surface area contributed by atoms with Crippen LogP contribution >= 0.6 is 11.6 Å². The van der Waals surface area contributed by atoms with Crippen molar-refractivity contribution >= 4 is 23.1 Å². The molecule has 2 nitrogen and oxygen atoms in total. The van der Waals surface area contributed by atoms with E-state index in [2.05, 4.69) is 10.3 Å². The number of pyridine rings is 1. The van der Waals surface area contributed by atoms with Crippen molar-refractivity contribution in [3.05, 3.63) is 52.9 Å². The van der Waals surface area contributed by atoms with E-state index >= 15 is 0 Å². The number of aryl methyl sites for hydroxylation is 1. The molecule has 0 saturated heterocycles. The highest BCUT2D eigenvalue weighted by Crippen LogP contribution is 2.18. The van der Waals surface area contributed by atoms with Crippen molar-refractivity contribution in [3.8, 4) is 0 Å². The molecule has 0 radical (unpaired) electrons. The quantitative estimate of drug-likeness (QED) is 0.855. The highest BCUT2D eigenvalue weighted by atomic mass is 35.5. The van der Waals surface area contributed by atoms with Crippen molar-refractivity contribution in [3.63, 3.8) is 0 Å². The molecule has 0 aliphatic rings. The molecule has 0 unspecified atom stereocenters. The Morgan fingerprint density at radius 1 is 1.25 bits per heavy atom. The van der Waals surface area contributed by atoms with Crippen molar-refractivity contribution in [1.29, 1.82) is 0 Å². The molecule has 0 fully saturated rings. The molecular weight excluding hydrogens is 227 g/mol. The lowest BCUT2D eigenvalue weighted by Crippen LogP contribution is -1.94.